The van der Waals surface area contributed by atoms with E-state index in [1.807, 2.05) is 12.1 Å². The summed E-state index contributed by atoms with van der Waals surface area (Å²) in [7, 11) is 1.57. The summed E-state index contributed by atoms with van der Waals surface area (Å²) in [5.41, 5.74) is 0.903. The number of aliphatic hydroxyl groups excluding tert-OH is 1. The monoisotopic (exact) mass is 412 g/mol. The zero-order chi connectivity index (χ0) is 20.7. The maximum atomic E-state index is 13.7. The largest absolute Gasteiger partial charge is 0.493 e. The van der Waals surface area contributed by atoms with Gasteiger partial charge in [0.15, 0.2) is 11.5 Å². The van der Waals surface area contributed by atoms with Crippen molar-refractivity contribution >= 4 is 0 Å². The van der Waals surface area contributed by atoms with E-state index in [0.717, 1.165) is 18.7 Å². The van der Waals surface area contributed by atoms with Crippen LogP contribution < -0.4 is 9.47 Å². The van der Waals surface area contributed by atoms with Crippen LogP contribution in [0.5, 0.6) is 11.5 Å². The van der Waals surface area contributed by atoms with Crippen LogP contribution in [0.2, 0.25) is 0 Å². The first-order valence-corrected chi connectivity index (χ1v) is 10.8. The molecule has 0 spiro atoms. The van der Waals surface area contributed by atoms with Crippen molar-refractivity contribution in [2.24, 2.45) is 0 Å². The Morgan fingerprint density at radius 3 is 2.45 bits per heavy atom. The molecule has 1 aromatic rings. The van der Waals surface area contributed by atoms with E-state index in [4.69, 9.17) is 9.47 Å². The second-order valence-corrected chi connectivity index (χ2v) is 8.34. The molecule has 2 aliphatic rings. The maximum Gasteiger partial charge on any atom is 0.260 e. The van der Waals surface area contributed by atoms with Crippen molar-refractivity contribution in [2.75, 3.05) is 46.4 Å². The lowest BCUT2D eigenvalue weighted by Crippen LogP contribution is -2.42. The lowest BCUT2D eigenvalue weighted by molar-refractivity contribution is -0.0661. The van der Waals surface area contributed by atoms with Crippen LogP contribution >= 0.6 is 0 Å². The third-order valence-electron chi connectivity index (χ3n) is 5.70. The molecule has 7 heteroatoms. The molecule has 5 nitrogen and oxygen atoms in total. The second kappa shape index (κ2) is 10.5. The van der Waals surface area contributed by atoms with Crippen LogP contribution in [0.25, 0.3) is 0 Å². The maximum absolute atomic E-state index is 13.7. The highest BCUT2D eigenvalue weighted by atomic mass is 19.3. The van der Waals surface area contributed by atoms with E-state index < -0.39 is 12.0 Å². The summed E-state index contributed by atoms with van der Waals surface area (Å²) >= 11 is 0. The first-order valence-electron chi connectivity index (χ1n) is 10.8. The van der Waals surface area contributed by atoms with Gasteiger partial charge in [0, 0.05) is 19.5 Å². The average molecular weight is 413 g/mol. The number of likely N-dealkylation sites (tertiary alicyclic amines) is 2. The van der Waals surface area contributed by atoms with Gasteiger partial charge < -0.3 is 19.5 Å². The predicted octanol–water partition coefficient (Wildman–Crippen LogP) is 3.54. The first-order chi connectivity index (χ1) is 13.9. The Morgan fingerprint density at radius 1 is 1.03 bits per heavy atom. The number of piperidine rings is 1. The number of hydrogen-bond acceptors (Lipinski definition) is 5. The summed E-state index contributed by atoms with van der Waals surface area (Å²) in [6.45, 7) is 3.75. The highest BCUT2D eigenvalue weighted by Crippen LogP contribution is 2.31. The van der Waals surface area contributed by atoms with Gasteiger partial charge in [0.05, 0.1) is 13.7 Å². The van der Waals surface area contributed by atoms with Crippen molar-refractivity contribution in [3.05, 3.63) is 23.8 Å². The van der Waals surface area contributed by atoms with Crippen LogP contribution in [-0.4, -0.2) is 73.4 Å². The number of rotatable bonds is 8. The fourth-order valence-electron chi connectivity index (χ4n) is 4.23. The van der Waals surface area contributed by atoms with Crippen molar-refractivity contribution in [1.29, 1.82) is 0 Å². The van der Waals surface area contributed by atoms with Crippen LogP contribution in [0.1, 0.15) is 44.1 Å². The van der Waals surface area contributed by atoms with Crippen molar-refractivity contribution in [2.45, 2.75) is 57.1 Å². The molecule has 29 heavy (non-hydrogen) atoms. The topological polar surface area (TPSA) is 45.2 Å². The van der Waals surface area contributed by atoms with E-state index in [0.29, 0.717) is 37.6 Å². The number of ether oxygens (including phenoxy) is 2. The van der Waals surface area contributed by atoms with Gasteiger partial charge in [0.1, 0.15) is 12.7 Å². The predicted molar refractivity (Wildman–Crippen MR) is 109 cm³/mol. The lowest BCUT2D eigenvalue weighted by Gasteiger charge is -2.32. The Hall–Kier alpha value is -1.44. The van der Waals surface area contributed by atoms with E-state index in [-0.39, 0.29) is 19.6 Å². The molecule has 1 unspecified atom stereocenters. The Labute approximate surface area is 172 Å². The van der Waals surface area contributed by atoms with Gasteiger partial charge in [0.2, 0.25) is 0 Å². The van der Waals surface area contributed by atoms with Gasteiger partial charge in [0.25, 0.3) is 5.92 Å². The van der Waals surface area contributed by atoms with E-state index in [2.05, 4.69) is 4.90 Å². The minimum absolute atomic E-state index is 0.0324. The van der Waals surface area contributed by atoms with Gasteiger partial charge in [-0.05, 0) is 56.6 Å². The fraction of sp³-hybridized carbons (Fsp3) is 0.727. The Morgan fingerprint density at radius 2 is 1.76 bits per heavy atom. The number of methoxy groups -OCH3 is 1. The summed E-state index contributed by atoms with van der Waals surface area (Å²) in [6.07, 6.45) is 4.77. The number of aliphatic hydroxyl groups is 1. The van der Waals surface area contributed by atoms with E-state index in [9.17, 15) is 13.9 Å². The summed E-state index contributed by atoms with van der Waals surface area (Å²) in [6, 6.07) is 5.52. The molecule has 3 rings (SSSR count). The number of β-amino-alcohol motifs (C(OH)–C–C–N with tert-alkyl or cyclic N) is 1. The third-order valence-corrected chi connectivity index (χ3v) is 5.70. The van der Waals surface area contributed by atoms with E-state index in [1.54, 1.807) is 18.1 Å². The molecule has 0 aromatic heterocycles. The first kappa shape index (κ1) is 22.2. The normalized spacial score (nSPS) is 22.1. The molecular formula is C22H34F2N2O3. The molecule has 2 aliphatic heterocycles. The van der Waals surface area contributed by atoms with Gasteiger partial charge in [-0.2, -0.15) is 0 Å². The molecule has 0 radical (unpaired) electrons. The fourth-order valence-corrected chi connectivity index (χ4v) is 4.23. The molecule has 0 bridgehead atoms. The third kappa shape index (κ3) is 7.08. The molecule has 1 N–H and O–H groups in total. The molecule has 2 fully saturated rings. The van der Waals surface area contributed by atoms with Gasteiger partial charge in [-0.1, -0.05) is 18.9 Å². The smallest absolute Gasteiger partial charge is 0.260 e. The number of halogens is 2. The lowest BCUT2D eigenvalue weighted by atomic mass is 10.1. The number of alkyl halides is 2. The standard InChI is InChI=1S/C22H34F2N2O3/c1-28-20-8-7-18(14-26-12-6-9-22(23,24)17-26)13-21(20)29-16-19(27)15-25-10-4-2-3-5-11-25/h7-8,13,19,27H,2-6,9-12,14-17H2,1H3. The van der Waals surface area contributed by atoms with Crippen molar-refractivity contribution in [3.8, 4) is 11.5 Å². The SMILES string of the molecule is COc1ccc(CN2CCCC(F)(F)C2)cc1OCC(O)CN1CCCCCC1. The summed E-state index contributed by atoms with van der Waals surface area (Å²) in [5.74, 6) is -1.48. The van der Waals surface area contributed by atoms with Crippen LogP contribution in [0.4, 0.5) is 8.78 Å². The van der Waals surface area contributed by atoms with Crippen LogP contribution in [0.15, 0.2) is 18.2 Å². The number of hydrogen-bond donors (Lipinski definition) is 1. The highest BCUT2D eigenvalue weighted by Gasteiger charge is 2.34. The van der Waals surface area contributed by atoms with Crippen LogP contribution in [0, 0.1) is 0 Å². The Kier molecular flexibility index (Phi) is 8.09. The Balaban J connectivity index is 1.55. The highest BCUT2D eigenvalue weighted by molar-refractivity contribution is 5.43. The molecule has 2 heterocycles. The van der Waals surface area contributed by atoms with Crippen molar-refractivity contribution in [1.82, 2.24) is 9.80 Å². The number of nitrogens with zero attached hydrogens (tertiary/aromatic N) is 2. The van der Waals surface area contributed by atoms with Gasteiger partial charge in [-0.15, -0.1) is 0 Å². The van der Waals surface area contributed by atoms with Crippen LogP contribution in [-0.2, 0) is 6.54 Å². The zero-order valence-corrected chi connectivity index (χ0v) is 17.4. The molecule has 0 amide bonds. The Bertz CT molecular complexity index is 636. The van der Waals surface area contributed by atoms with Gasteiger partial charge >= 0.3 is 0 Å². The molecule has 1 atom stereocenters. The average Bonchev–Trinajstić information content (AvgIpc) is 2.94. The van der Waals surface area contributed by atoms with E-state index >= 15 is 0 Å². The molecule has 0 aliphatic carbocycles. The molecule has 2 saturated heterocycles. The summed E-state index contributed by atoms with van der Waals surface area (Å²) < 4.78 is 38.6. The van der Waals surface area contributed by atoms with Gasteiger partial charge in [-0.25, -0.2) is 8.78 Å². The minimum Gasteiger partial charge on any atom is -0.493 e. The van der Waals surface area contributed by atoms with E-state index in [1.165, 1.54) is 25.7 Å². The zero-order valence-electron chi connectivity index (χ0n) is 17.4. The van der Waals surface area contributed by atoms with Crippen molar-refractivity contribution < 1.29 is 23.4 Å². The molecular weight excluding hydrogens is 378 g/mol. The molecule has 0 saturated carbocycles. The number of benzene rings is 1. The minimum atomic E-state index is -2.61. The quantitative estimate of drug-likeness (QED) is 0.708. The molecule has 1 aromatic carbocycles. The second-order valence-electron chi connectivity index (χ2n) is 8.34. The van der Waals surface area contributed by atoms with Crippen LogP contribution in [0.3, 0.4) is 0 Å². The van der Waals surface area contributed by atoms with Gasteiger partial charge in [-0.3, -0.25) is 4.90 Å². The summed E-state index contributed by atoms with van der Waals surface area (Å²) in [4.78, 5) is 4.08. The van der Waals surface area contributed by atoms with Crippen molar-refractivity contribution in [3.63, 3.8) is 0 Å². The summed E-state index contributed by atoms with van der Waals surface area (Å²) in [5, 5.41) is 10.4. The molecule has 164 valence electrons.